The summed E-state index contributed by atoms with van der Waals surface area (Å²) in [6.45, 7) is 0. The Morgan fingerprint density at radius 3 is 2.91 bits per heavy atom. The highest BCUT2D eigenvalue weighted by molar-refractivity contribution is 7.99. The van der Waals surface area contributed by atoms with Crippen LogP contribution in [0, 0.1) is 5.82 Å². The highest BCUT2D eigenvalue weighted by Gasteiger charge is 2.19. The average molecular weight is 323 g/mol. The molecule has 1 N–H and O–H groups in total. The number of pyridine rings is 1. The average Bonchev–Trinajstić information content (AvgIpc) is 2.60. The molecule has 0 amide bonds. The number of thioether (sulfide) groups is 1. The maximum Gasteiger partial charge on any atom is 0.146 e. The van der Waals surface area contributed by atoms with Crippen LogP contribution in [0.15, 0.2) is 64.6 Å². The minimum Gasteiger partial charge on any atom is -0.261 e. The van der Waals surface area contributed by atoms with Crippen LogP contribution >= 0.6 is 11.8 Å². The Morgan fingerprint density at radius 1 is 1.04 bits per heavy atom. The van der Waals surface area contributed by atoms with Crippen molar-refractivity contribution in [2.24, 2.45) is 5.10 Å². The summed E-state index contributed by atoms with van der Waals surface area (Å²) in [5, 5.41) is 5.56. The van der Waals surface area contributed by atoms with E-state index in [0.29, 0.717) is 10.7 Å². The van der Waals surface area contributed by atoms with E-state index in [0.717, 1.165) is 34.4 Å². The summed E-state index contributed by atoms with van der Waals surface area (Å²) in [4.78, 5) is 5.22. The molecule has 4 rings (SSSR count). The molecule has 0 bridgehead atoms. The fourth-order valence-corrected chi connectivity index (χ4v) is 3.68. The van der Waals surface area contributed by atoms with Crippen molar-refractivity contribution in [2.75, 3.05) is 11.2 Å². The monoisotopic (exact) mass is 323 g/mol. The molecule has 0 aliphatic carbocycles. The van der Waals surface area contributed by atoms with Crippen LogP contribution in [0.3, 0.4) is 0 Å². The van der Waals surface area contributed by atoms with Gasteiger partial charge in [0.25, 0.3) is 0 Å². The Balaban J connectivity index is 1.65. The quantitative estimate of drug-likeness (QED) is 0.695. The van der Waals surface area contributed by atoms with Gasteiger partial charge in [0, 0.05) is 23.1 Å². The molecule has 0 radical (unpaired) electrons. The number of anilines is 1. The van der Waals surface area contributed by atoms with Crippen molar-refractivity contribution >= 4 is 34.2 Å². The van der Waals surface area contributed by atoms with Crippen molar-refractivity contribution < 1.29 is 4.39 Å². The van der Waals surface area contributed by atoms with Gasteiger partial charge >= 0.3 is 0 Å². The molecule has 0 saturated heterocycles. The zero-order chi connectivity index (χ0) is 15.6. The van der Waals surface area contributed by atoms with Crippen LogP contribution in [-0.4, -0.2) is 16.4 Å². The van der Waals surface area contributed by atoms with E-state index in [2.05, 4.69) is 15.5 Å². The summed E-state index contributed by atoms with van der Waals surface area (Å²) in [7, 11) is 0. The zero-order valence-corrected chi connectivity index (χ0v) is 13.1. The van der Waals surface area contributed by atoms with Crippen LogP contribution in [0.25, 0.3) is 10.9 Å². The van der Waals surface area contributed by atoms with Gasteiger partial charge in [-0.25, -0.2) is 9.37 Å². The fraction of sp³-hybridized carbons (Fsp3) is 0.111. The largest absolute Gasteiger partial charge is 0.261 e. The van der Waals surface area contributed by atoms with Crippen molar-refractivity contribution in [1.82, 2.24) is 4.98 Å². The molecular weight excluding hydrogens is 309 g/mol. The normalized spacial score (nSPS) is 15.6. The van der Waals surface area contributed by atoms with Gasteiger partial charge in [-0.1, -0.05) is 30.3 Å². The molecule has 114 valence electrons. The number of nitrogens with one attached hydrogen (secondary N) is 1. The molecule has 1 aliphatic rings. The molecule has 2 aromatic carbocycles. The van der Waals surface area contributed by atoms with Crippen LogP contribution in [-0.2, 0) is 0 Å². The lowest BCUT2D eigenvalue weighted by atomic mass is 10.1. The molecule has 0 saturated carbocycles. The lowest BCUT2D eigenvalue weighted by Gasteiger charge is -2.17. The number of aromatic nitrogens is 1. The molecule has 2 heterocycles. The van der Waals surface area contributed by atoms with Crippen molar-refractivity contribution in [3.63, 3.8) is 0 Å². The molecule has 1 aromatic heterocycles. The summed E-state index contributed by atoms with van der Waals surface area (Å²) in [5.41, 5.74) is 5.67. The van der Waals surface area contributed by atoms with Gasteiger partial charge in [0.1, 0.15) is 11.6 Å². The van der Waals surface area contributed by atoms with Crippen LogP contribution in [0.2, 0.25) is 0 Å². The smallest absolute Gasteiger partial charge is 0.146 e. The van der Waals surface area contributed by atoms with Gasteiger partial charge in [0.05, 0.1) is 16.1 Å². The number of fused-ring (bicyclic) bond motifs is 2. The molecule has 0 spiro atoms. The minimum atomic E-state index is -0.177. The van der Waals surface area contributed by atoms with Crippen molar-refractivity contribution in [2.45, 2.75) is 11.3 Å². The number of rotatable bonds is 2. The number of benzene rings is 2. The number of hydrazone groups is 1. The second kappa shape index (κ2) is 6.01. The van der Waals surface area contributed by atoms with Crippen molar-refractivity contribution in [3.8, 4) is 0 Å². The molecular formula is C18H14FN3S. The summed E-state index contributed by atoms with van der Waals surface area (Å²) < 4.78 is 13.9. The fourth-order valence-electron chi connectivity index (χ4n) is 2.64. The molecule has 0 atom stereocenters. The Hall–Kier alpha value is -2.40. The lowest BCUT2D eigenvalue weighted by molar-refractivity contribution is 0.600. The first-order valence-corrected chi connectivity index (χ1v) is 8.40. The standard InChI is InChI=1S/C18H14FN3S/c19-14-6-3-5-13-16(10-11-23-18(13)14)21-22-17-9-8-12-4-1-2-7-15(12)20-17/h1-9H,10-11H2,(H,20,22). The second-order valence-corrected chi connectivity index (χ2v) is 6.38. The van der Waals surface area contributed by atoms with E-state index >= 15 is 0 Å². The SMILES string of the molecule is Fc1cccc2c1SCCC2=NNc1ccc2ccccc2n1. The number of para-hydroxylation sites is 1. The number of halogens is 1. The molecule has 3 nitrogen and oxygen atoms in total. The van der Waals surface area contributed by atoms with E-state index in [4.69, 9.17) is 0 Å². The van der Waals surface area contributed by atoms with Gasteiger partial charge in [-0.15, -0.1) is 11.8 Å². The lowest BCUT2D eigenvalue weighted by Crippen LogP contribution is -2.13. The van der Waals surface area contributed by atoms with Crippen LogP contribution in [0.5, 0.6) is 0 Å². The first kappa shape index (κ1) is 14.2. The molecule has 5 heteroatoms. The van der Waals surface area contributed by atoms with E-state index in [1.54, 1.807) is 17.8 Å². The Bertz CT molecular complexity index is 908. The van der Waals surface area contributed by atoms with Crippen LogP contribution < -0.4 is 5.43 Å². The minimum absolute atomic E-state index is 0.177. The predicted octanol–water partition coefficient (Wildman–Crippen LogP) is 4.69. The molecule has 3 aromatic rings. The summed E-state index contributed by atoms with van der Waals surface area (Å²) in [6, 6.07) is 17.0. The molecule has 1 aliphatic heterocycles. The van der Waals surface area contributed by atoms with Gasteiger partial charge in [-0.2, -0.15) is 5.10 Å². The van der Waals surface area contributed by atoms with Crippen LogP contribution in [0.1, 0.15) is 12.0 Å². The maximum absolute atomic E-state index is 13.9. The third-order valence-electron chi connectivity index (χ3n) is 3.77. The summed E-state index contributed by atoms with van der Waals surface area (Å²) >= 11 is 1.54. The van der Waals surface area contributed by atoms with Gasteiger partial charge in [0.15, 0.2) is 0 Å². The van der Waals surface area contributed by atoms with E-state index in [9.17, 15) is 4.39 Å². The zero-order valence-electron chi connectivity index (χ0n) is 12.3. The molecule has 0 unspecified atom stereocenters. The number of hydrogen-bond acceptors (Lipinski definition) is 4. The van der Waals surface area contributed by atoms with Gasteiger partial charge in [0.2, 0.25) is 0 Å². The van der Waals surface area contributed by atoms with Crippen LogP contribution in [0.4, 0.5) is 10.2 Å². The third kappa shape index (κ3) is 2.80. The van der Waals surface area contributed by atoms with E-state index in [-0.39, 0.29) is 5.82 Å². The molecule has 23 heavy (non-hydrogen) atoms. The van der Waals surface area contributed by atoms with Crippen molar-refractivity contribution in [3.05, 3.63) is 66.0 Å². The van der Waals surface area contributed by atoms with Crippen molar-refractivity contribution in [1.29, 1.82) is 0 Å². The summed E-state index contributed by atoms with van der Waals surface area (Å²) in [6.07, 6.45) is 0.807. The van der Waals surface area contributed by atoms with Gasteiger partial charge < -0.3 is 0 Å². The Morgan fingerprint density at radius 2 is 1.96 bits per heavy atom. The first-order valence-electron chi connectivity index (χ1n) is 7.41. The number of hydrogen-bond donors (Lipinski definition) is 1. The third-order valence-corrected chi connectivity index (χ3v) is 4.88. The molecule has 0 fully saturated rings. The van der Waals surface area contributed by atoms with E-state index in [1.165, 1.54) is 6.07 Å². The Labute approximate surface area is 137 Å². The predicted molar refractivity (Wildman–Crippen MR) is 93.6 cm³/mol. The van der Waals surface area contributed by atoms with Gasteiger partial charge in [-0.3, -0.25) is 5.43 Å². The van der Waals surface area contributed by atoms with Gasteiger partial charge in [-0.05, 0) is 24.3 Å². The first-order chi connectivity index (χ1) is 11.3. The maximum atomic E-state index is 13.9. The van der Waals surface area contributed by atoms with E-state index in [1.807, 2.05) is 42.5 Å². The highest BCUT2D eigenvalue weighted by atomic mass is 32.2. The summed E-state index contributed by atoms with van der Waals surface area (Å²) in [5.74, 6) is 1.34. The number of nitrogens with zero attached hydrogens (tertiary/aromatic N) is 2. The van der Waals surface area contributed by atoms with E-state index < -0.39 is 0 Å². The second-order valence-electron chi connectivity index (χ2n) is 5.27. The Kier molecular flexibility index (Phi) is 3.71. The highest BCUT2D eigenvalue weighted by Crippen LogP contribution is 2.32. The topological polar surface area (TPSA) is 37.3 Å².